The van der Waals surface area contributed by atoms with Gasteiger partial charge in [0.1, 0.15) is 0 Å². The van der Waals surface area contributed by atoms with Crippen LogP contribution >= 0.6 is 12.4 Å². The van der Waals surface area contributed by atoms with Crippen LogP contribution in [0.5, 0.6) is 0 Å². The van der Waals surface area contributed by atoms with Crippen LogP contribution in [0.25, 0.3) is 0 Å². The van der Waals surface area contributed by atoms with Crippen molar-refractivity contribution in [1.29, 1.82) is 0 Å². The Morgan fingerprint density at radius 2 is 2.38 bits per heavy atom. The Hall–Kier alpha value is -0.580. The summed E-state index contributed by atoms with van der Waals surface area (Å²) in [5.74, 6) is 0. The number of nitrogens with zero attached hydrogens (tertiary/aromatic N) is 3. The van der Waals surface area contributed by atoms with Gasteiger partial charge in [-0.25, -0.2) is 0 Å². The van der Waals surface area contributed by atoms with Crippen LogP contribution in [0.15, 0.2) is 12.3 Å². The van der Waals surface area contributed by atoms with Crippen LogP contribution in [0.4, 0.5) is 0 Å². The molecule has 5 heteroatoms. The second-order valence-corrected chi connectivity index (χ2v) is 4.15. The van der Waals surface area contributed by atoms with E-state index >= 15 is 0 Å². The second kappa shape index (κ2) is 6.23. The van der Waals surface area contributed by atoms with Crippen molar-refractivity contribution in [1.82, 2.24) is 20.0 Å². The van der Waals surface area contributed by atoms with Gasteiger partial charge in [-0.2, -0.15) is 5.10 Å². The zero-order valence-corrected chi connectivity index (χ0v) is 10.8. The van der Waals surface area contributed by atoms with E-state index in [0.29, 0.717) is 6.04 Å². The minimum atomic E-state index is 0. The molecule has 1 aromatic rings. The summed E-state index contributed by atoms with van der Waals surface area (Å²) in [7, 11) is 2.05. The molecule has 2 heterocycles. The summed E-state index contributed by atoms with van der Waals surface area (Å²) in [6.45, 7) is 6.49. The lowest BCUT2D eigenvalue weighted by Crippen LogP contribution is -2.29. The SMILES string of the molecule is CCn1nccc1CN1CCC(NC)C1.Cl. The van der Waals surface area contributed by atoms with Crippen LogP contribution in [0, 0.1) is 0 Å². The Kier molecular flexibility index (Phi) is 5.25. The molecule has 1 saturated heterocycles. The van der Waals surface area contributed by atoms with Crippen LogP contribution in [0.3, 0.4) is 0 Å². The van der Waals surface area contributed by atoms with Crippen molar-refractivity contribution in [3.8, 4) is 0 Å². The molecular weight excluding hydrogens is 224 g/mol. The van der Waals surface area contributed by atoms with E-state index in [0.717, 1.165) is 19.6 Å². The number of likely N-dealkylation sites (tertiary alicyclic amines) is 1. The Bertz CT molecular complexity index is 313. The topological polar surface area (TPSA) is 33.1 Å². The molecule has 0 bridgehead atoms. The molecule has 1 aliphatic heterocycles. The number of hydrogen-bond donors (Lipinski definition) is 1. The maximum atomic E-state index is 4.29. The minimum absolute atomic E-state index is 0. The second-order valence-electron chi connectivity index (χ2n) is 4.15. The van der Waals surface area contributed by atoms with Gasteiger partial charge in [0.15, 0.2) is 0 Å². The fourth-order valence-electron chi connectivity index (χ4n) is 2.22. The van der Waals surface area contributed by atoms with Gasteiger partial charge < -0.3 is 5.32 Å². The summed E-state index contributed by atoms with van der Waals surface area (Å²) in [5, 5.41) is 7.63. The van der Waals surface area contributed by atoms with Crippen molar-refractivity contribution in [2.45, 2.75) is 32.5 Å². The standard InChI is InChI=1S/C11H20N4.ClH/c1-3-15-11(4-6-13-15)9-14-7-5-10(8-14)12-2;/h4,6,10,12H,3,5,7-9H2,1-2H3;1H. The molecule has 1 fully saturated rings. The van der Waals surface area contributed by atoms with E-state index < -0.39 is 0 Å². The number of halogens is 1. The van der Waals surface area contributed by atoms with Gasteiger partial charge in [-0.3, -0.25) is 9.58 Å². The zero-order chi connectivity index (χ0) is 10.7. The molecule has 1 atom stereocenters. The number of aryl methyl sites for hydroxylation is 1. The van der Waals surface area contributed by atoms with E-state index in [9.17, 15) is 0 Å². The van der Waals surface area contributed by atoms with Crippen molar-refractivity contribution in [2.75, 3.05) is 20.1 Å². The maximum absolute atomic E-state index is 4.29. The number of nitrogens with one attached hydrogen (secondary N) is 1. The molecule has 1 unspecified atom stereocenters. The van der Waals surface area contributed by atoms with Gasteiger partial charge in [0.25, 0.3) is 0 Å². The van der Waals surface area contributed by atoms with E-state index in [4.69, 9.17) is 0 Å². The summed E-state index contributed by atoms with van der Waals surface area (Å²) < 4.78 is 2.08. The van der Waals surface area contributed by atoms with Crippen molar-refractivity contribution >= 4 is 12.4 Å². The highest BCUT2D eigenvalue weighted by Gasteiger charge is 2.21. The Labute approximate surface area is 103 Å². The summed E-state index contributed by atoms with van der Waals surface area (Å²) >= 11 is 0. The van der Waals surface area contributed by atoms with Crippen molar-refractivity contribution in [3.63, 3.8) is 0 Å². The third-order valence-electron chi connectivity index (χ3n) is 3.17. The average Bonchev–Trinajstić information content (AvgIpc) is 2.87. The van der Waals surface area contributed by atoms with Gasteiger partial charge >= 0.3 is 0 Å². The fourth-order valence-corrected chi connectivity index (χ4v) is 2.22. The van der Waals surface area contributed by atoms with Crippen molar-refractivity contribution < 1.29 is 0 Å². The molecule has 92 valence electrons. The highest BCUT2D eigenvalue weighted by atomic mass is 35.5. The molecule has 1 N–H and O–H groups in total. The first-order valence-electron chi connectivity index (χ1n) is 5.73. The van der Waals surface area contributed by atoms with E-state index in [1.807, 2.05) is 13.2 Å². The smallest absolute Gasteiger partial charge is 0.0524 e. The maximum Gasteiger partial charge on any atom is 0.0524 e. The molecule has 2 rings (SSSR count). The summed E-state index contributed by atoms with van der Waals surface area (Å²) in [5.41, 5.74) is 1.33. The summed E-state index contributed by atoms with van der Waals surface area (Å²) in [6.07, 6.45) is 3.15. The van der Waals surface area contributed by atoms with Crippen LogP contribution < -0.4 is 5.32 Å². The van der Waals surface area contributed by atoms with Gasteiger partial charge in [0, 0.05) is 38.4 Å². The molecule has 0 aromatic carbocycles. The first-order chi connectivity index (χ1) is 7.33. The number of rotatable bonds is 4. The van der Waals surface area contributed by atoms with Crippen molar-refractivity contribution in [2.24, 2.45) is 0 Å². The number of hydrogen-bond acceptors (Lipinski definition) is 3. The molecule has 0 radical (unpaired) electrons. The molecule has 0 aliphatic carbocycles. The Morgan fingerprint density at radius 3 is 3.00 bits per heavy atom. The normalized spacial score (nSPS) is 21.0. The molecular formula is C11H21ClN4. The molecule has 4 nitrogen and oxygen atoms in total. The molecule has 16 heavy (non-hydrogen) atoms. The fraction of sp³-hybridized carbons (Fsp3) is 0.727. The van der Waals surface area contributed by atoms with Crippen molar-refractivity contribution in [3.05, 3.63) is 18.0 Å². The average molecular weight is 245 g/mol. The molecule has 0 saturated carbocycles. The first kappa shape index (κ1) is 13.5. The monoisotopic (exact) mass is 244 g/mol. The minimum Gasteiger partial charge on any atom is -0.316 e. The van der Waals surface area contributed by atoms with Gasteiger partial charge in [-0.15, -0.1) is 12.4 Å². The lowest BCUT2D eigenvalue weighted by atomic mass is 10.3. The highest BCUT2D eigenvalue weighted by molar-refractivity contribution is 5.85. The van der Waals surface area contributed by atoms with E-state index in [1.54, 1.807) is 0 Å². The Morgan fingerprint density at radius 1 is 1.56 bits per heavy atom. The number of likely N-dealkylation sites (N-methyl/N-ethyl adjacent to an activating group) is 1. The molecule has 1 aromatic heterocycles. The largest absolute Gasteiger partial charge is 0.316 e. The predicted molar refractivity (Wildman–Crippen MR) is 67.9 cm³/mol. The molecule has 1 aliphatic rings. The first-order valence-corrected chi connectivity index (χ1v) is 5.73. The zero-order valence-electron chi connectivity index (χ0n) is 10.0. The Balaban J connectivity index is 0.00000128. The highest BCUT2D eigenvalue weighted by Crippen LogP contribution is 2.12. The molecule has 0 spiro atoms. The van der Waals surface area contributed by atoms with E-state index in [2.05, 4.69) is 33.0 Å². The third-order valence-corrected chi connectivity index (χ3v) is 3.17. The molecule has 0 amide bonds. The van der Waals surface area contributed by atoms with Crippen LogP contribution in [-0.4, -0.2) is 40.9 Å². The summed E-state index contributed by atoms with van der Waals surface area (Å²) in [6, 6.07) is 2.79. The lowest BCUT2D eigenvalue weighted by Gasteiger charge is -2.16. The van der Waals surface area contributed by atoms with Gasteiger partial charge in [0.05, 0.1) is 5.69 Å². The predicted octanol–water partition coefficient (Wildman–Crippen LogP) is 1.12. The van der Waals surface area contributed by atoms with Gasteiger partial charge in [-0.1, -0.05) is 0 Å². The van der Waals surface area contributed by atoms with E-state index in [1.165, 1.54) is 18.7 Å². The van der Waals surface area contributed by atoms with Crippen LogP contribution in [0.2, 0.25) is 0 Å². The third kappa shape index (κ3) is 2.97. The summed E-state index contributed by atoms with van der Waals surface area (Å²) in [4.78, 5) is 2.49. The van der Waals surface area contributed by atoms with Crippen LogP contribution in [0.1, 0.15) is 19.0 Å². The van der Waals surface area contributed by atoms with Gasteiger partial charge in [-0.05, 0) is 26.5 Å². The van der Waals surface area contributed by atoms with Crippen LogP contribution in [-0.2, 0) is 13.1 Å². The lowest BCUT2D eigenvalue weighted by molar-refractivity contribution is 0.311. The number of aromatic nitrogens is 2. The quantitative estimate of drug-likeness (QED) is 0.862. The van der Waals surface area contributed by atoms with Gasteiger partial charge in [0.2, 0.25) is 0 Å². The van der Waals surface area contributed by atoms with E-state index in [-0.39, 0.29) is 12.4 Å².